The van der Waals surface area contributed by atoms with Crippen molar-refractivity contribution in [2.24, 2.45) is 0 Å². The van der Waals surface area contributed by atoms with E-state index in [4.69, 9.17) is 4.74 Å². The Bertz CT molecular complexity index is 698. The van der Waals surface area contributed by atoms with Gasteiger partial charge in [-0.05, 0) is 70.6 Å². The van der Waals surface area contributed by atoms with Gasteiger partial charge in [-0.15, -0.1) is 0 Å². The van der Waals surface area contributed by atoms with Gasteiger partial charge in [-0.2, -0.15) is 0 Å². The summed E-state index contributed by atoms with van der Waals surface area (Å²) in [5, 5.41) is 2.90. The van der Waals surface area contributed by atoms with Gasteiger partial charge in [0, 0.05) is 10.9 Å². The number of carbonyl (C=O) groups is 1. The van der Waals surface area contributed by atoms with Crippen molar-refractivity contribution in [3.05, 3.63) is 58.1 Å². The standard InChI is InChI=1S/C20H24BrNO2/c1-14(2)17-11-10-16(13-15(17)3)24-12-6-9-20(23)22-19-8-5-4-7-18(19)21/h4-5,7-8,10-11,13-14H,6,9,12H2,1-3H3,(H,22,23). The molecule has 0 saturated heterocycles. The van der Waals surface area contributed by atoms with Gasteiger partial charge in [-0.3, -0.25) is 4.79 Å². The van der Waals surface area contributed by atoms with Gasteiger partial charge in [0.1, 0.15) is 5.75 Å². The predicted molar refractivity (Wildman–Crippen MR) is 103 cm³/mol. The molecule has 0 bridgehead atoms. The lowest BCUT2D eigenvalue weighted by atomic mass is 9.98. The monoisotopic (exact) mass is 389 g/mol. The van der Waals surface area contributed by atoms with Crippen molar-refractivity contribution in [2.45, 2.75) is 39.5 Å². The summed E-state index contributed by atoms with van der Waals surface area (Å²) in [6.07, 6.45) is 1.12. The van der Waals surface area contributed by atoms with Gasteiger partial charge in [-0.25, -0.2) is 0 Å². The topological polar surface area (TPSA) is 38.3 Å². The van der Waals surface area contributed by atoms with Crippen molar-refractivity contribution in [3.63, 3.8) is 0 Å². The van der Waals surface area contributed by atoms with Crippen LogP contribution in [-0.2, 0) is 4.79 Å². The third-order valence-electron chi connectivity index (χ3n) is 3.83. The van der Waals surface area contributed by atoms with E-state index in [-0.39, 0.29) is 5.91 Å². The molecule has 0 radical (unpaired) electrons. The Balaban J connectivity index is 1.76. The second kappa shape index (κ2) is 8.88. The summed E-state index contributed by atoms with van der Waals surface area (Å²) in [4.78, 5) is 12.0. The number of aryl methyl sites for hydroxylation is 1. The van der Waals surface area contributed by atoms with Gasteiger partial charge in [0.25, 0.3) is 0 Å². The minimum atomic E-state index is -0.00293. The summed E-state index contributed by atoms with van der Waals surface area (Å²) in [5.41, 5.74) is 3.38. The Morgan fingerprint density at radius 1 is 1.21 bits per heavy atom. The maximum Gasteiger partial charge on any atom is 0.224 e. The molecule has 3 nitrogen and oxygen atoms in total. The van der Waals surface area contributed by atoms with Crippen LogP contribution in [0.4, 0.5) is 5.69 Å². The molecule has 1 amide bonds. The zero-order chi connectivity index (χ0) is 17.5. The average Bonchev–Trinajstić information content (AvgIpc) is 2.53. The second-order valence-corrected chi connectivity index (χ2v) is 7.01. The van der Waals surface area contributed by atoms with Gasteiger partial charge in [0.15, 0.2) is 0 Å². The minimum absolute atomic E-state index is 0.00293. The zero-order valence-electron chi connectivity index (χ0n) is 14.4. The molecule has 2 aromatic rings. The summed E-state index contributed by atoms with van der Waals surface area (Å²) >= 11 is 3.42. The normalized spacial score (nSPS) is 10.7. The van der Waals surface area contributed by atoms with Crippen LogP contribution < -0.4 is 10.1 Å². The Hall–Kier alpha value is -1.81. The number of amides is 1. The summed E-state index contributed by atoms with van der Waals surface area (Å²) in [6.45, 7) is 7.01. The molecule has 4 heteroatoms. The molecule has 24 heavy (non-hydrogen) atoms. The van der Waals surface area contributed by atoms with Gasteiger partial charge in [0.05, 0.1) is 12.3 Å². The molecule has 0 aliphatic heterocycles. The molecule has 0 saturated carbocycles. The average molecular weight is 390 g/mol. The molecule has 0 unspecified atom stereocenters. The first-order chi connectivity index (χ1) is 11.5. The van der Waals surface area contributed by atoms with Crippen molar-refractivity contribution in [1.82, 2.24) is 0 Å². The van der Waals surface area contributed by atoms with Crippen molar-refractivity contribution < 1.29 is 9.53 Å². The molecule has 0 aliphatic carbocycles. The number of para-hydroxylation sites is 1. The fourth-order valence-corrected chi connectivity index (χ4v) is 2.97. The van der Waals surface area contributed by atoms with Gasteiger partial charge in [0.2, 0.25) is 5.91 Å². The molecule has 128 valence electrons. The van der Waals surface area contributed by atoms with Gasteiger partial charge < -0.3 is 10.1 Å². The molecular weight excluding hydrogens is 366 g/mol. The lowest BCUT2D eigenvalue weighted by Crippen LogP contribution is -2.13. The smallest absolute Gasteiger partial charge is 0.224 e. The van der Waals surface area contributed by atoms with Crippen molar-refractivity contribution in [1.29, 1.82) is 0 Å². The minimum Gasteiger partial charge on any atom is -0.494 e. The maximum atomic E-state index is 12.0. The molecule has 2 rings (SSSR count). The van der Waals surface area contributed by atoms with E-state index in [1.165, 1.54) is 11.1 Å². The Kier molecular flexibility index (Phi) is 6.85. The van der Waals surface area contributed by atoms with E-state index >= 15 is 0 Å². The number of anilines is 1. The quantitative estimate of drug-likeness (QED) is 0.618. The SMILES string of the molecule is Cc1cc(OCCCC(=O)Nc2ccccc2Br)ccc1C(C)C. The van der Waals surface area contributed by atoms with Crippen LogP contribution >= 0.6 is 15.9 Å². The highest BCUT2D eigenvalue weighted by atomic mass is 79.9. The molecule has 0 aromatic heterocycles. The molecule has 0 fully saturated rings. The molecular formula is C20H24BrNO2. The first kappa shape index (κ1) is 18.5. The molecule has 0 atom stereocenters. The number of halogens is 1. The highest BCUT2D eigenvalue weighted by molar-refractivity contribution is 9.10. The highest BCUT2D eigenvalue weighted by Crippen LogP contribution is 2.24. The summed E-state index contributed by atoms with van der Waals surface area (Å²) in [5.74, 6) is 1.38. The summed E-state index contributed by atoms with van der Waals surface area (Å²) in [7, 11) is 0. The second-order valence-electron chi connectivity index (χ2n) is 6.15. The highest BCUT2D eigenvalue weighted by Gasteiger charge is 2.07. The van der Waals surface area contributed by atoms with E-state index in [0.29, 0.717) is 25.4 Å². The van der Waals surface area contributed by atoms with E-state index in [9.17, 15) is 4.79 Å². The molecule has 0 heterocycles. The molecule has 0 aliphatic rings. The van der Waals surface area contributed by atoms with E-state index in [1.807, 2.05) is 30.3 Å². The predicted octanol–water partition coefficient (Wildman–Crippen LogP) is 5.68. The number of nitrogens with one attached hydrogen (secondary N) is 1. The fraction of sp³-hybridized carbons (Fsp3) is 0.350. The largest absolute Gasteiger partial charge is 0.494 e. The number of rotatable bonds is 7. The van der Waals surface area contributed by atoms with Crippen molar-refractivity contribution >= 4 is 27.5 Å². The van der Waals surface area contributed by atoms with Crippen LogP contribution in [0.15, 0.2) is 46.9 Å². The number of hydrogen-bond donors (Lipinski definition) is 1. The Labute approximate surface area is 152 Å². The molecule has 2 aromatic carbocycles. The number of benzene rings is 2. The van der Waals surface area contributed by atoms with Crippen molar-refractivity contribution in [3.8, 4) is 5.75 Å². The first-order valence-electron chi connectivity index (χ1n) is 8.25. The van der Waals surface area contributed by atoms with Gasteiger partial charge >= 0.3 is 0 Å². The maximum absolute atomic E-state index is 12.0. The summed E-state index contributed by atoms with van der Waals surface area (Å²) in [6, 6.07) is 13.8. The first-order valence-corrected chi connectivity index (χ1v) is 9.04. The Morgan fingerprint density at radius 3 is 2.62 bits per heavy atom. The summed E-state index contributed by atoms with van der Waals surface area (Å²) < 4.78 is 6.64. The third kappa shape index (κ3) is 5.38. The molecule has 1 N–H and O–H groups in total. The van der Waals surface area contributed by atoms with Gasteiger partial charge in [-0.1, -0.05) is 32.0 Å². The van der Waals surface area contributed by atoms with Crippen LogP contribution in [0.2, 0.25) is 0 Å². The lowest BCUT2D eigenvalue weighted by molar-refractivity contribution is -0.116. The van der Waals surface area contributed by atoms with Crippen LogP contribution in [0, 0.1) is 6.92 Å². The van der Waals surface area contributed by atoms with Crippen LogP contribution in [0.3, 0.4) is 0 Å². The van der Waals surface area contributed by atoms with Crippen molar-refractivity contribution in [2.75, 3.05) is 11.9 Å². The molecule has 0 spiro atoms. The van der Waals surface area contributed by atoms with Crippen LogP contribution in [-0.4, -0.2) is 12.5 Å². The number of carbonyl (C=O) groups excluding carboxylic acids is 1. The van der Waals surface area contributed by atoms with Crippen LogP contribution in [0.25, 0.3) is 0 Å². The number of hydrogen-bond acceptors (Lipinski definition) is 2. The van der Waals surface area contributed by atoms with Crippen LogP contribution in [0.5, 0.6) is 5.75 Å². The fourth-order valence-electron chi connectivity index (χ4n) is 2.58. The van der Waals surface area contributed by atoms with E-state index < -0.39 is 0 Å². The number of ether oxygens (including phenoxy) is 1. The van der Waals surface area contributed by atoms with E-state index in [0.717, 1.165) is 15.9 Å². The Morgan fingerprint density at radius 2 is 1.96 bits per heavy atom. The van der Waals surface area contributed by atoms with E-state index in [2.05, 4.69) is 54.2 Å². The van der Waals surface area contributed by atoms with Crippen LogP contribution in [0.1, 0.15) is 43.7 Å². The lowest BCUT2D eigenvalue weighted by Gasteiger charge is -2.12. The zero-order valence-corrected chi connectivity index (χ0v) is 16.0. The van der Waals surface area contributed by atoms with E-state index in [1.54, 1.807) is 0 Å². The third-order valence-corrected chi connectivity index (χ3v) is 4.52.